The van der Waals surface area contributed by atoms with E-state index in [4.69, 9.17) is 9.84 Å². The van der Waals surface area contributed by atoms with Crippen LogP contribution in [0.5, 0.6) is 5.75 Å². The van der Waals surface area contributed by atoms with Crippen LogP contribution in [0.3, 0.4) is 0 Å². The van der Waals surface area contributed by atoms with Crippen LogP contribution in [0.2, 0.25) is 0 Å². The molecule has 0 saturated heterocycles. The number of rotatable bonds is 7. The minimum atomic E-state index is -0.951. The molecule has 3 atom stereocenters. The highest BCUT2D eigenvalue weighted by molar-refractivity contribution is 5.88. The van der Waals surface area contributed by atoms with Gasteiger partial charge >= 0.3 is 5.97 Å². The largest absolute Gasteiger partial charge is 0.482 e. The van der Waals surface area contributed by atoms with Crippen molar-refractivity contribution in [2.45, 2.75) is 51.4 Å². The number of fused-ring (bicyclic) bond motifs is 1. The Balaban J connectivity index is 1.39. The summed E-state index contributed by atoms with van der Waals surface area (Å²) < 4.78 is 5.25. The monoisotopic (exact) mass is 402 g/mol. The van der Waals surface area contributed by atoms with Gasteiger partial charge in [0, 0.05) is 0 Å². The van der Waals surface area contributed by atoms with Gasteiger partial charge in [0.05, 0.1) is 0 Å². The summed E-state index contributed by atoms with van der Waals surface area (Å²) in [5, 5.41) is 11.5. The number of carbonyl (C=O) groups is 1. The van der Waals surface area contributed by atoms with Gasteiger partial charge in [-0.2, -0.15) is 0 Å². The standard InChI is InChI=1S/C27H30O3/c1-18-7-14-25(26-6-4-3-5-24(18)26)19(2)15-20-8-9-22(16-20)21-10-12-23(13-11-21)30-17-27(28)29/h3-7,10-14,19-20,22H,8-9,15-17H2,1-2H3,(H,28,29)/t19-,20?,22+/m0/s1. The summed E-state index contributed by atoms with van der Waals surface area (Å²) in [7, 11) is 0. The molecule has 1 saturated carbocycles. The molecule has 0 bridgehead atoms. The lowest BCUT2D eigenvalue weighted by Gasteiger charge is -2.20. The fraction of sp³-hybridized carbons (Fsp3) is 0.370. The van der Waals surface area contributed by atoms with Crippen molar-refractivity contribution < 1.29 is 14.6 Å². The van der Waals surface area contributed by atoms with Crippen molar-refractivity contribution in [2.24, 2.45) is 5.92 Å². The molecule has 1 fully saturated rings. The maximum absolute atomic E-state index is 10.6. The third kappa shape index (κ3) is 4.51. The molecular weight excluding hydrogens is 372 g/mol. The molecule has 0 heterocycles. The van der Waals surface area contributed by atoms with Gasteiger partial charge in [0.1, 0.15) is 5.75 Å². The molecule has 1 unspecified atom stereocenters. The van der Waals surface area contributed by atoms with Crippen molar-refractivity contribution in [3.8, 4) is 5.75 Å². The van der Waals surface area contributed by atoms with Gasteiger partial charge in [-0.15, -0.1) is 0 Å². The number of aryl methyl sites for hydroxylation is 1. The van der Waals surface area contributed by atoms with Gasteiger partial charge in [-0.1, -0.05) is 55.5 Å². The van der Waals surface area contributed by atoms with E-state index in [1.165, 1.54) is 53.1 Å². The maximum Gasteiger partial charge on any atom is 0.341 e. The van der Waals surface area contributed by atoms with Crippen LogP contribution in [-0.2, 0) is 4.79 Å². The van der Waals surface area contributed by atoms with E-state index in [0.717, 1.165) is 5.92 Å². The molecule has 0 aliphatic heterocycles. The van der Waals surface area contributed by atoms with E-state index in [2.05, 4.69) is 62.4 Å². The highest BCUT2D eigenvalue weighted by atomic mass is 16.5. The summed E-state index contributed by atoms with van der Waals surface area (Å²) >= 11 is 0. The molecular formula is C27H30O3. The number of carboxylic acid groups (broad SMARTS) is 1. The minimum absolute atomic E-state index is 0.295. The Morgan fingerprint density at radius 1 is 1.03 bits per heavy atom. The van der Waals surface area contributed by atoms with Crippen LogP contribution < -0.4 is 4.74 Å². The second-order valence-electron chi connectivity index (χ2n) is 8.78. The zero-order chi connectivity index (χ0) is 21.1. The van der Waals surface area contributed by atoms with E-state index >= 15 is 0 Å². The van der Waals surface area contributed by atoms with E-state index in [1.807, 2.05) is 12.1 Å². The lowest BCUT2D eigenvalue weighted by molar-refractivity contribution is -0.139. The number of benzene rings is 3. The van der Waals surface area contributed by atoms with E-state index in [1.54, 1.807) is 0 Å². The average Bonchev–Trinajstić information content (AvgIpc) is 3.21. The summed E-state index contributed by atoms with van der Waals surface area (Å²) in [6, 6.07) is 21.3. The smallest absolute Gasteiger partial charge is 0.341 e. The van der Waals surface area contributed by atoms with Crippen molar-refractivity contribution in [1.82, 2.24) is 0 Å². The molecule has 4 rings (SSSR count). The first-order valence-corrected chi connectivity index (χ1v) is 10.9. The molecule has 3 heteroatoms. The van der Waals surface area contributed by atoms with Crippen LogP contribution in [0, 0.1) is 12.8 Å². The molecule has 0 spiro atoms. The molecule has 30 heavy (non-hydrogen) atoms. The van der Waals surface area contributed by atoms with Gasteiger partial charge < -0.3 is 9.84 Å². The minimum Gasteiger partial charge on any atom is -0.482 e. The fourth-order valence-electron chi connectivity index (χ4n) is 5.10. The predicted octanol–water partition coefficient (Wildman–Crippen LogP) is 6.69. The number of carboxylic acids is 1. The van der Waals surface area contributed by atoms with Gasteiger partial charge in [0.15, 0.2) is 6.61 Å². The number of aliphatic carboxylic acids is 1. The van der Waals surface area contributed by atoms with Gasteiger partial charge in [-0.3, -0.25) is 0 Å². The van der Waals surface area contributed by atoms with Gasteiger partial charge in [-0.05, 0) is 90.0 Å². The number of hydrogen-bond donors (Lipinski definition) is 1. The zero-order valence-corrected chi connectivity index (χ0v) is 17.8. The lowest BCUT2D eigenvalue weighted by atomic mass is 9.85. The molecule has 156 valence electrons. The molecule has 1 aliphatic rings. The van der Waals surface area contributed by atoms with Crippen molar-refractivity contribution >= 4 is 16.7 Å². The maximum atomic E-state index is 10.6. The van der Waals surface area contributed by atoms with E-state index in [9.17, 15) is 4.79 Å². The molecule has 1 aliphatic carbocycles. The highest BCUT2D eigenvalue weighted by Crippen LogP contribution is 2.43. The van der Waals surface area contributed by atoms with Gasteiger partial charge in [0.25, 0.3) is 0 Å². The summed E-state index contributed by atoms with van der Waals surface area (Å²) in [4.78, 5) is 10.6. The van der Waals surface area contributed by atoms with Crippen LogP contribution >= 0.6 is 0 Å². The Kier molecular flexibility index (Phi) is 6.08. The molecule has 3 nitrogen and oxygen atoms in total. The van der Waals surface area contributed by atoms with E-state index in [0.29, 0.717) is 17.6 Å². The molecule has 3 aromatic rings. The SMILES string of the molecule is Cc1ccc([C@@H](C)CC2CC[C@@H](c3ccc(OCC(=O)O)cc3)C2)c2ccccc12. The first kappa shape index (κ1) is 20.5. The third-order valence-electron chi connectivity index (χ3n) is 6.65. The molecule has 3 aromatic carbocycles. The van der Waals surface area contributed by atoms with Crippen molar-refractivity contribution in [2.75, 3.05) is 6.61 Å². The topological polar surface area (TPSA) is 46.5 Å². The quantitative estimate of drug-likeness (QED) is 0.479. The second-order valence-corrected chi connectivity index (χ2v) is 8.78. The van der Waals surface area contributed by atoms with Crippen LogP contribution in [0.4, 0.5) is 0 Å². The summed E-state index contributed by atoms with van der Waals surface area (Å²) in [5.74, 6) is 1.55. The zero-order valence-electron chi connectivity index (χ0n) is 17.8. The first-order valence-electron chi connectivity index (χ1n) is 10.9. The number of ether oxygens (including phenoxy) is 1. The Morgan fingerprint density at radius 3 is 2.50 bits per heavy atom. The molecule has 0 amide bonds. The lowest BCUT2D eigenvalue weighted by Crippen LogP contribution is -2.09. The van der Waals surface area contributed by atoms with Gasteiger partial charge in [-0.25, -0.2) is 4.79 Å². The first-order chi connectivity index (χ1) is 14.5. The number of hydrogen-bond acceptors (Lipinski definition) is 2. The Labute approximate surface area is 178 Å². The summed E-state index contributed by atoms with van der Waals surface area (Å²) in [6.07, 6.45) is 4.95. The summed E-state index contributed by atoms with van der Waals surface area (Å²) in [5.41, 5.74) is 4.16. The van der Waals surface area contributed by atoms with Crippen LogP contribution in [-0.4, -0.2) is 17.7 Å². The summed E-state index contributed by atoms with van der Waals surface area (Å²) in [6.45, 7) is 4.27. The average molecular weight is 403 g/mol. The van der Waals surface area contributed by atoms with E-state index in [-0.39, 0.29) is 6.61 Å². The molecule has 0 aromatic heterocycles. The Bertz CT molecular complexity index is 1020. The third-order valence-corrected chi connectivity index (χ3v) is 6.65. The predicted molar refractivity (Wildman–Crippen MR) is 121 cm³/mol. The normalized spacial score (nSPS) is 19.7. The van der Waals surface area contributed by atoms with E-state index < -0.39 is 5.97 Å². The molecule has 0 radical (unpaired) electrons. The van der Waals surface area contributed by atoms with Crippen molar-refractivity contribution in [3.05, 3.63) is 77.4 Å². The van der Waals surface area contributed by atoms with Crippen LogP contribution in [0.15, 0.2) is 60.7 Å². The molecule has 1 N–H and O–H groups in total. The van der Waals surface area contributed by atoms with Crippen molar-refractivity contribution in [1.29, 1.82) is 0 Å². The van der Waals surface area contributed by atoms with Crippen LogP contribution in [0.1, 0.15) is 61.1 Å². The highest BCUT2D eigenvalue weighted by Gasteiger charge is 2.27. The Hall–Kier alpha value is -2.81. The second kappa shape index (κ2) is 8.91. The fourth-order valence-corrected chi connectivity index (χ4v) is 5.10. The van der Waals surface area contributed by atoms with Crippen LogP contribution in [0.25, 0.3) is 10.8 Å². The van der Waals surface area contributed by atoms with Gasteiger partial charge in [0.2, 0.25) is 0 Å². The van der Waals surface area contributed by atoms with Crippen molar-refractivity contribution in [3.63, 3.8) is 0 Å². The Morgan fingerprint density at radius 2 is 1.77 bits per heavy atom.